The van der Waals surface area contributed by atoms with Crippen LogP contribution >= 0.6 is 15.9 Å². The van der Waals surface area contributed by atoms with E-state index in [2.05, 4.69) is 26.3 Å². The van der Waals surface area contributed by atoms with Crippen LogP contribution in [0.2, 0.25) is 0 Å². The zero-order valence-electron chi connectivity index (χ0n) is 23.4. The Bertz CT molecular complexity index is 1970. The summed E-state index contributed by atoms with van der Waals surface area (Å²) in [5.41, 5.74) is 2.87. The molecule has 224 valence electrons. The van der Waals surface area contributed by atoms with Crippen LogP contribution in [0, 0.1) is 0 Å². The number of benzene rings is 3. The lowest BCUT2D eigenvalue weighted by molar-refractivity contribution is -0.138. The molecule has 0 unspecified atom stereocenters. The van der Waals surface area contributed by atoms with Gasteiger partial charge in [0.2, 0.25) is 0 Å². The van der Waals surface area contributed by atoms with E-state index in [4.69, 9.17) is 0 Å². The fraction of sp³-hybridized carbons (Fsp3) is 0.188. The highest BCUT2D eigenvalue weighted by Gasteiger charge is 2.35. The number of carbonyl (C=O) groups excluding carboxylic acids is 2. The Morgan fingerprint density at radius 1 is 1.00 bits per heavy atom. The third kappa shape index (κ3) is 5.30. The van der Waals surface area contributed by atoms with Crippen LogP contribution < -0.4 is 10.9 Å². The molecule has 2 aromatic heterocycles. The Hall–Kier alpha value is -4.71. The Kier molecular flexibility index (Phi) is 7.62. The van der Waals surface area contributed by atoms with Gasteiger partial charge in [-0.1, -0.05) is 46.3 Å². The minimum atomic E-state index is -4.64. The van der Waals surface area contributed by atoms with E-state index >= 15 is 0 Å². The Balaban J connectivity index is 1.46. The van der Waals surface area contributed by atoms with E-state index in [0.717, 1.165) is 17.2 Å². The first-order valence-electron chi connectivity index (χ1n) is 13.7. The third-order valence-corrected chi connectivity index (χ3v) is 8.42. The highest BCUT2D eigenvalue weighted by atomic mass is 79.9. The predicted octanol–water partition coefficient (Wildman–Crippen LogP) is 5.42. The summed E-state index contributed by atoms with van der Waals surface area (Å²) in [5, 5.41) is 7.22. The molecule has 6 rings (SSSR count). The first kappa shape index (κ1) is 29.4. The van der Waals surface area contributed by atoms with E-state index in [-0.39, 0.29) is 41.0 Å². The number of hydrogen-bond donors (Lipinski definition) is 1. The second-order valence-electron chi connectivity index (χ2n) is 10.4. The van der Waals surface area contributed by atoms with Crippen molar-refractivity contribution in [2.24, 2.45) is 0 Å². The molecule has 5 aromatic rings. The number of alkyl halides is 3. The number of fused-ring (bicyclic) bond motifs is 3. The molecule has 1 aliphatic rings. The van der Waals surface area contributed by atoms with Crippen molar-refractivity contribution < 1.29 is 22.8 Å². The van der Waals surface area contributed by atoms with Crippen LogP contribution in [0.15, 0.2) is 88.3 Å². The van der Waals surface area contributed by atoms with E-state index in [1.165, 1.54) is 24.1 Å². The summed E-state index contributed by atoms with van der Waals surface area (Å²) >= 11 is 2.92. The first-order chi connectivity index (χ1) is 21.1. The number of amides is 2. The van der Waals surface area contributed by atoms with Crippen molar-refractivity contribution >= 4 is 33.4 Å². The van der Waals surface area contributed by atoms with Crippen LogP contribution in [0.3, 0.4) is 0 Å². The van der Waals surface area contributed by atoms with Crippen molar-refractivity contribution in [1.82, 2.24) is 24.4 Å². The van der Waals surface area contributed by atoms with Crippen molar-refractivity contribution in [1.29, 1.82) is 0 Å². The van der Waals surface area contributed by atoms with Gasteiger partial charge in [-0.3, -0.25) is 19.0 Å². The molecule has 1 aliphatic heterocycles. The van der Waals surface area contributed by atoms with Crippen molar-refractivity contribution in [3.8, 4) is 5.69 Å². The van der Waals surface area contributed by atoms with Gasteiger partial charge in [-0.05, 0) is 54.4 Å². The summed E-state index contributed by atoms with van der Waals surface area (Å²) in [6, 6.07) is 19.7. The van der Waals surface area contributed by atoms with E-state index in [9.17, 15) is 27.6 Å². The molecule has 0 fully saturated rings. The molecule has 2 amide bonds. The average Bonchev–Trinajstić information content (AvgIpc) is 3.43. The van der Waals surface area contributed by atoms with Gasteiger partial charge >= 0.3 is 6.18 Å². The maximum Gasteiger partial charge on any atom is 0.417 e. The summed E-state index contributed by atoms with van der Waals surface area (Å²) in [4.78, 5) is 41.2. The lowest BCUT2D eigenvalue weighted by Gasteiger charge is -2.30. The molecule has 3 aromatic carbocycles. The molecular formula is C32H25BrF3N5O3. The van der Waals surface area contributed by atoms with E-state index in [0.29, 0.717) is 34.6 Å². The summed E-state index contributed by atoms with van der Waals surface area (Å²) in [6.07, 6.45) is -2.30. The maximum atomic E-state index is 14.2. The summed E-state index contributed by atoms with van der Waals surface area (Å²) in [5.74, 6) is -0.834. The highest BCUT2D eigenvalue weighted by molar-refractivity contribution is 9.10. The van der Waals surface area contributed by atoms with Crippen molar-refractivity contribution in [3.63, 3.8) is 0 Å². The molecule has 3 heterocycles. The number of halogens is 4. The highest BCUT2D eigenvalue weighted by Crippen LogP contribution is 2.36. The summed E-state index contributed by atoms with van der Waals surface area (Å²) < 4.78 is 43.7. The molecule has 0 atom stereocenters. The Morgan fingerprint density at radius 2 is 1.70 bits per heavy atom. The molecule has 44 heavy (non-hydrogen) atoms. The quantitative estimate of drug-likeness (QED) is 0.272. The Labute approximate surface area is 257 Å². The zero-order valence-corrected chi connectivity index (χ0v) is 24.9. The van der Waals surface area contributed by atoms with Crippen LogP contribution in [-0.2, 0) is 25.6 Å². The number of carbonyl (C=O) groups is 2. The fourth-order valence-electron chi connectivity index (χ4n) is 5.53. The second-order valence-corrected chi connectivity index (χ2v) is 11.3. The van der Waals surface area contributed by atoms with Gasteiger partial charge < -0.3 is 10.2 Å². The van der Waals surface area contributed by atoms with Gasteiger partial charge in [0.1, 0.15) is 5.65 Å². The van der Waals surface area contributed by atoms with Gasteiger partial charge in [-0.15, -0.1) is 0 Å². The Morgan fingerprint density at radius 3 is 2.39 bits per heavy atom. The molecule has 0 radical (unpaired) electrons. The van der Waals surface area contributed by atoms with Crippen molar-refractivity contribution in [3.05, 3.63) is 133 Å². The number of nitrogens with zero attached hydrogens (tertiary/aromatic N) is 4. The summed E-state index contributed by atoms with van der Waals surface area (Å²) in [7, 11) is 1.54. The zero-order chi connectivity index (χ0) is 31.2. The molecule has 0 bridgehead atoms. The van der Waals surface area contributed by atoms with Crippen LogP contribution in [0.25, 0.3) is 11.3 Å². The normalized spacial score (nSPS) is 13.2. The van der Waals surface area contributed by atoms with E-state index < -0.39 is 17.6 Å². The molecule has 0 saturated heterocycles. The van der Waals surface area contributed by atoms with Gasteiger partial charge in [0.25, 0.3) is 17.4 Å². The number of nitrogens with one attached hydrogen (secondary N) is 1. The molecule has 0 spiro atoms. The predicted molar refractivity (Wildman–Crippen MR) is 161 cm³/mol. The van der Waals surface area contributed by atoms with Crippen LogP contribution in [0.1, 0.15) is 48.7 Å². The summed E-state index contributed by atoms with van der Waals surface area (Å²) in [6.45, 7) is 0.123. The van der Waals surface area contributed by atoms with Crippen LogP contribution in [0.5, 0.6) is 0 Å². The fourth-order valence-corrected chi connectivity index (χ4v) is 6.00. The van der Waals surface area contributed by atoms with Crippen LogP contribution in [-0.4, -0.2) is 44.5 Å². The van der Waals surface area contributed by atoms with E-state index in [1.807, 2.05) is 30.3 Å². The molecular weight excluding hydrogens is 639 g/mol. The van der Waals surface area contributed by atoms with Gasteiger partial charge in [0.15, 0.2) is 0 Å². The molecule has 0 aliphatic carbocycles. The lowest BCUT2D eigenvalue weighted by Crippen LogP contribution is -2.41. The van der Waals surface area contributed by atoms with Crippen molar-refractivity contribution in [2.45, 2.75) is 25.6 Å². The lowest BCUT2D eigenvalue weighted by atomic mass is 10.0. The monoisotopic (exact) mass is 663 g/mol. The molecule has 1 N–H and O–H groups in total. The number of rotatable bonds is 5. The molecule has 12 heteroatoms. The SMILES string of the molecule is CNC(=O)c1ccc(-n2c(=O)c3c(n4ncc(Cc5ccccc5)c24)CN(C(=O)c2ccc(Br)c(C(F)(F)F)c2)CC3)cc1. The third-order valence-electron chi connectivity index (χ3n) is 7.72. The smallest absolute Gasteiger partial charge is 0.355 e. The maximum absolute atomic E-state index is 14.2. The first-order valence-corrected chi connectivity index (χ1v) is 14.5. The van der Waals surface area contributed by atoms with Gasteiger partial charge in [0.05, 0.1) is 29.7 Å². The average molecular weight is 664 g/mol. The minimum Gasteiger partial charge on any atom is -0.355 e. The second kappa shape index (κ2) is 11.4. The molecule has 8 nitrogen and oxygen atoms in total. The van der Waals surface area contributed by atoms with Gasteiger partial charge in [-0.25, -0.2) is 4.52 Å². The number of aromatic nitrogens is 3. The van der Waals surface area contributed by atoms with Gasteiger partial charge in [-0.2, -0.15) is 18.3 Å². The topological polar surface area (TPSA) is 88.7 Å². The number of hydrogen-bond acceptors (Lipinski definition) is 4. The van der Waals surface area contributed by atoms with Gasteiger partial charge in [0, 0.05) is 46.7 Å². The standard InChI is InChI=1S/C32H25BrF3N5O3/c1-37-28(42)20-7-10-23(11-8-20)40-29-22(15-19-5-3-2-4-6-19)17-38-41(29)27-18-39(14-13-24(27)31(40)44)30(43)21-9-12-26(33)25(16-21)32(34,35)36/h2-12,16-17H,13-15,18H2,1H3,(H,37,42). The molecule has 0 saturated carbocycles. The van der Waals surface area contributed by atoms with Crippen molar-refractivity contribution in [2.75, 3.05) is 13.6 Å². The largest absolute Gasteiger partial charge is 0.417 e. The van der Waals surface area contributed by atoms with Crippen LogP contribution in [0.4, 0.5) is 13.2 Å². The minimum absolute atomic E-state index is 0.0137. The van der Waals surface area contributed by atoms with E-state index in [1.54, 1.807) is 39.5 Å².